The second-order valence-corrected chi connectivity index (χ2v) is 16.6. The number of carbonyl (C=O) groups excluding carboxylic acids is 3. The zero-order chi connectivity index (χ0) is 39.6. The fraction of sp³-hybridized carbons (Fsp3) is 0.938. The third-order valence-corrected chi connectivity index (χ3v) is 11.2. The van der Waals surface area contributed by atoms with Crippen LogP contribution >= 0.6 is 0 Å². The van der Waals surface area contributed by atoms with Gasteiger partial charge in [-0.2, -0.15) is 0 Å². The Labute approximate surface area is 336 Å². The van der Waals surface area contributed by atoms with Crippen LogP contribution in [0.25, 0.3) is 0 Å². The molecule has 6 heteroatoms. The molecule has 0 bridgehead atoms. The SMILES string of the molecule is CCCCCCCCCCCCCCCC(=O)OC[C@H](COC(=O)CCCCCCCCCCCCC(C)CC)OC(=O)CCCCCCCCCCC. The maximum absolute atomic E-state index is 12.7. The van der Waals surface area contributed by atoms with E-state index in [0.29, 0.717) is 19.3 Å². The summed E-state index contributed by atoms with van der Waals surface area (Å²) in [5, 5.41) is 0. The van der Waals surface area contributed by atoms with Crippen molar-refractivity contribution in [3.05, 3.63) is 0 Å². The van der Waals surface area contributed by atoms with Gasteiger partial charge in [-0.25, -0.2) is 0 Å². The third kappa shape index (κ3) is 40.1. The molecule has 2 atom stereocenters. The quantitative estimate of drug-likeness (QED) is 0.0349. The summed E-state index contributed by atoms with van der Waals surface area (Å²) >= 11 is 0. The van der Waals surface area contributed by atoms with Crippen molar-refractivity contribution in [3.8, 4) is 0 Å². The van der Waals surface area contributed by atoms with E-state index in [-0.39, 0.29) is 31.1 Å². The van der Waals surface area contributed by atoms with Gasteiger partial charge in [-0.3, -0.25) is 14.4 Å². The zero-order valence-electron chi connectivity index (χ0n) is 36.7. The molecular formula is C48H92O6. The highest BCUT2D eigenvalue weighted by atomic mass is 16.6. The predicted octanol–water partition coefficient (Wildman–Crippen LogP) is 15.1. The first-order valence-corrected chi connectivity index (χ1v) is 23.9. The van der Waals surface area contributed by atoms with Crippen molar-refractivity contribution >= 4 is 17.9 Å². The van der Waals surface area contributed by atoms with Crippen LogP contribution in [-0.4, -0.2) is 37.2 Å². The average Bonchev–Trinajstić information content (AvgIpc) is 3.17. The minimum absolute atomic E-state index is 0.0636. The molecule has 1 unspecified atom stereocenters. The molecule has 54 heavy (non-hydrogen) atoms. The van der Waals surface area contributed by atoms with Crippen LogP contribution in [0, 0.1) is 5.92 Å². The molecule has 0 radical (unpaired) electrons. The fourth-order valence-corrected chi connectivity index (χ4v) is 7.12. The molecule has 6 nitrogen and oxygen atoms in total. The van der Waals surface area contributed by atoms with E-state index < -0.39 is 6.10 Å². The Morgan fingerprint density at radius 1 is 0.370 bits per heavy atom. The summed E-state index contributed by atoms with van der Waals surface area (Å²) in [6, 6.07) is 0. The van der Waals surface area contributed by atoms with Crippen molar-refractivity contribution in [3.63, 3.8) is 0 Å². The maximum atomic E-state index is 12.7. The lowest BCUT2D eigenvalue weighted by Crippen LogP contribution is -2.30. The molecule has 0 saturated carbocycles. The monoisotopic (exact) mass is 765 g/mol. The molecule has 0 spiro atoms. The third-order valence-electron chi connectivity index (χ3n) is 11.2. The Hall–Kier alpha value is -1.59. The molecule has 0 aromatic heterocycles. The van der Waals surface area contributed by atoms with Crippen molar-refractivity contribution in [1.82, 2.24) is 0 Å². The van der Waals surface area contributed by atoms with Crippen LogP contribution in [0.1, 0.15) is 265 Å². The molecule has 0 aliphatic heterocycles. The van der Waals surface area contributed by atoms with Crippen LogP contribution in [0.2, 0.25) is 0 Å². The van der Waals surface area contributed by atoms with Gasteiger partial charge in [-0.05, 0) is 25.2 Å². The van der Waals surface area contributed by atoms with Gasteiger partial charge in [0.1, 0.15) is 13.2 Å². The molecule has 0 aromatic rings. The molecule has 0 rings (SSSR count). The van der Waals surface area contributed by atoms with Crippen molar-refractivity contribution in [2.75, 3.05) is 13.2 Å². The molecule has 0 fully saturated rings. The number of hydrogen-bond acceptors (Lipinski definition) is 6. The summed E-state index contributed by atoms with van der Waals surface area (Å²) in [6.07, 6.45) is 42.2. The molecular weight excluding hydrogens is 673 g/mol. The number of ether oxygens (including phenoxy) is 3. The highest BCUT2D eigenvalue weighted by Crippen LogP contribution is 2.17. The minimum atomic E-state index is -0.759. The van der Waals surface area contributed by atoms with E-state index >= 15 is 0 Å². The van der Waals surface area contributed by atoms with Gasteiger partial charge in [-0.15, -0.1) is 0 Å². The normalized spacial score (nSPS) is 12.4. The number of esters is 3. The van der Waals surface area contributed by atoms with Gasteiger partial charge in [0, 0.05) is 19.3 Å². The van der Waals surface area contributed by atoms with E-state index in [0.717, 1.165) is 63.7 Å². The molecule has 0 saturated heterocycles. The first-order valence-electron chi connectivity index (χ1n) is 23.9. The fourth-order valence-electron chi connectivity index (χ4n) is 7.12. The van der Waals surface area contributed by atoms with E-state index in [1.165, 1.54) is 161 Å². The first kappa shape index (κ1) is 52.4. The highest BCUT2D eigenvalue weighted by molar-refractivity contribution is 5.71. The van der Waals surface area contributed by atoms with Gasteiger partial charge >= 0.3 is 17.9 Å². The minimum Gasteiger partial charge on any atom is -0.462 e. The Morgan fingerprint density at radius 3 is 0.963 bits per heavy atom. The van der Waals surface area contributed by atoms with E-state index in [4.69, 9.17) is 14.2 Å². The lowest BCUT2D eigenvalue weighted by atomic mass is 9.99. The van der Waals surface area contributed by atoms with Gasteiger partial charge in [0.05, 0.1) is 0 Å². The van der Waals surface area contributed by atoms with Crippen molar-refractivity contribution in [2.45, 2.75) is 271 Å². The molecule has 0 aliphatic carbocycles. The number of hydrogen-bond donors (Lipinski definition) is 0. The zero-order valence-corrected chi connectivity index (χ0v) is 36.7. The van der Waals surface area contributed by atoms with Gasteiger partial charge in [0.25, 0.3) is 0 Å². The highest BCUT2D eigenvalue weighted by Gasteiger charge is 2.19. The Balaban J connectivity index is 4.29. The number of rotatable bonds is 43. The van der Waals surface area contributed by atoms with Gasteiger partial charge in [0.2, 0.25) is 0 Å². The van der Waals surface area contributed by atoms with Gasteiger partial charge < -0.3 is 14.2 Å². The Morgan fingerprint density at radius 2 is 0.648 bits per heavy atom. The van der Waals surface area contributed by atoms with Crippen LogP contribution in [0.5, 0.6) is 0 Å². The molecule has 320 valence electrons. The summed E-state index contributed by atoms with van der Waals surface area (Å²) in [5.41, 5.74) is 0. The lowest BCUT2D eigenvalue weighted by Gasteiger charge is -2.18. The van der Waals surface area contributed by atoms with Crippen molar-refractivity contribution in [1.29, 1.82) is 0 Å². The molecule has 0 N–H and O–H groups in total. The number of carbonyl (C=O) groups is 3. The van der Waals surface area contributed by atoms with E-state index in [2.05, 4.69) is 27.7 Å². The van der Waals surface area contributed by atoms with Crippen LogP contribution in [0.15, 0.2) is 0 Å². The summed E-state index contributed by atoms with van der Waals surface area (Å²) in [5.74, 6) is 0.0167. The van der Waals surface area contributed by atoms with Gasteiger partial charge in [0.15, 0.2) is 6.10 Å². The number of unbranched alkanes of at least 4 members (excludes halogenated alkanes) is 29. The standard InChI is InChI=1S/C48H92O6/c1-5-8-10-12-14-16-17-18-19-24-27-31-35-39-46(49)52-42-45(54-48(51)41-37-33-29-22-15-13-11-9-6-2)43-53-47(50)40-36-32-28-25-21-20-23-26-30-34-38-44(4)7-3/h44-45H,5-43H2,1-4H3/t44?,45-/m1/s1. The second-order valence-electron chi connectivity index (χ2n) is 16.6. The molecule has 0 heterocycles. The predicted molar refractivity (Wildman–Crippen MR) is 229 cm³/mol. The summed E-state index contributed by atoms with van der Waals surface area (Å²) < 4.78 is 16.7. The molecule has 0 aromatic carbocycles. The Bertz CT molecular complexity index is 813. The lowest BCUT2D eigenvalue weighted by molar-refractivity contribution is -0.167. The van der Waals surface area contributed by atoms with Crippen molar-refractivity contribution in [2.24, 2.45) is 5.92 Å². The van der Waals surface area contributed by atoms with Crippen LogP contribution < -0.4 is 0 Å². The van der Waals surface area contributed by atoms with Crippen LogP contribution in [-0.2, 0) is 28.6 Å². The van der Waals surface area contributed by atoms with Crippen molar-refractivity contribution < 1.29 is 28.6 Å². The smallest absolute Gasteiger partial charge is 0.306 e. The average molecular weight is 765 g/mol. The molecule has 0 amide bonds. The largest absolute Gasteiger partial charge is 0.462 e. The topological polar surface area (TPSA) is 78.9 Å². The van der Waals surface area contributed by atoms with E-state index in [1.54, 1.807) is 0 Å². The summed E-state index contributed by atoms with van der Waals surface area (Å²) in [4.78, 5) is 37.7. The van der Waals surface area contributed by atoms with Gasteiger partial charge in [-0.1, -0.05) is 227 Å². The second kappa shape index (κ2) is 42.6. The van der Waals surface area contributed by atoms with E-state index in [1.807, 2.05) is 0 Å². The van der Waals surface area contributed by atoms with Crippen LogP contribution in [0.4, 0.5) is 0 Å². The van der Waals surface area contributed by atoms with Crippen LogP contribution in [0.3, 0.4) is 0 Å². The summed E-state index contributed by atoms with van der Waals surface area (Å²) in [6.45, 7) is 9.01. The molecule has 0 aliphatic rings. The van der Waals surface area contributed by atoms with E-state index in [9.17, 15) is 14.4 Å². The first-order chi connectivity index (χ1) is 26.4. The Kier molecular flexibility index (Phi) is 41.3. The summed E-state index contributed by atoms with van der Waals surface area (Å²) in [7, 11) is 0. The maximum Gasteiger partial charge on any atom is 0.306 e.